The van der Waals surface area contributed by atoms with E-state index in [1.54, 1.807) is 0 Å². The minimum absolute atomic E-state index is 0.167. The molecule has 2 aromatic heterocycles. The molecule has 0 radical (unpaired) electrons. The van der Waals surface area contributed by atoms with Gasteiger partial charge in [-0.05, 0) is 12.1 Å². The largest absolute Gasteiger partial charge is 0.736 e. The van der Waals surface area contributed by atoms with Gasteiger partial charge in [0.05, 0.1) is 12.5 Å². The molecule has 0 fully saturated rings. The van der Waals surface area contributed by atoms with Gasteiger partial charge < -0.3 is 22.8 Å². The van der Waals surface area contributed by atoms with Gasteiger partial charge in [0, 0.05) is 12.1 Å². The van der Waals surface area contributed by atoms with Crippen molar-refractivity contribution in [1.29, 1.82) is 0 Å². The lowest BCUT2D eigenvalue weighted by atomic mass is 10.7. The van der Waals surface area contributed by atoms with Crippen LogP contribution in [0.3, 0.4) is 0 Å². The Kier molecular flexibility index (Phi) is 2.53. The summed E-state index contributed by atoms with van der Waals surface area (Å²) in [5, 5.41) is 0. The molecule has 7 heteroatoms. The molecule has 0 N–H and O–H groups in total. The van der Waals surface area contributed by atoms with E-state index in [0.29, 0.717) is 0 Å². The Balaban J connectivity index is 2.04. The molecule has 15 heavy (non-hydrogen) atoms. The van der Waals surface area contributed by atoms with Gasteiger partial charge in [-0.2, -0.15) is 0 Å². The molecule has 80 valence electrons. The third-order valence-corrected chi connectivity index (χ3v) is 2.20. The molecule has 0 saturated carbocycles. The smallest absolute Gasteiger partial charge is 0.377 e. The third-order valence-electron chi connectivity index (χ3n) is 1.39. The number of rotatable bonds is 4. The Morgan fingerprint density at radius 1 is 1.07 bits per heavy atom. The molecule has 0 aliphatic rings. The fourth-order valence-corrected chi connectivity index (χ4v) is 1.56. The van der Waals surface area contributed by atoms with E-state index in [1.807, 2.05) is 0 Å². The normalized spacial score (nSPS) is 11.3. The van der Waals surface area contributed by atoms with E-state index in [0.717, 1.165) is 0 Å². The van der Waals surface area contributed by atoms with Crippen molar-refractivity contribution in [2.45, 2.75) is 0 Å². The maximum atomic E-state index is 11.2. The van der Waals surface area contributed by atoms with Crippen molar-refractivity contribution in [3.63, 3.8) is 0 Å². The summed E-state index contributed by atoms with van der Waals surface area (Å²) >= 11 is 0. The maximum absolute atomic E-state index is 11.2. The van der Waals surface area contributed by atoms with Crippen molar-refractivity contribution in [2.24, 2.45) is 0 Å². The van der Waals surface area contributed by atoms with Gasteiger partial charge in [-0.3, -0.25) is 0 Å². The molecular formula is C8H6O6P-. The molecule has 0 atom stereocenters. The zero-order chi connectivity index (χ0) is 10.7. The van der Waals surface area contributed by atoms with Crippen molar-refractivity contribution in [1.82, 2.24) is 0 Å². The molecular weight excluding hydrogens is 223 g/mol. The summed E-state index contributed by atoms with van der Waals surface area (Å²) in [6, 6.07) is 5.66. The predicted octanol–water partition coefficient (Wildman–Crippen LogP) is 1.80. The number of hydrogen-bond acceptors (Lipinski definition) is 6. The first-order valence-electron chi connectivity index (χ1n) is 3.93. The maximum Gasteiger partial charge on any atom is 0.377 e. The first-order valence-corrected chi connectivity index (χ1v) is 5.39. The second-order valence-corrected chi connectivity index (χ2v) is 3.75. The van der Waals surface area contributed by atoms with Gasteiger partial charge >= 0.3 is 7.82 Å². The van der Waals surface area contributed by atoms with Gasteiger partial charge in [-0.15, -0.1) is 0 Å². The summed E-state index contributed by atoms with van der Waals surface area (Å²) in [4.78, 5) is 11.2. The molecule has 0 unspecified atom stereocenters. The molecule has 0 aromatic carbocycles. The lowest BCUT2D eigenvalue weighted by Crippen LogP contribution is -2.12. The minimum Gasteiger partial charge on any atom is -0.736 e. The highest BCUT2D eigenvalue weighted by atomic mass is 31.2. The van der Waals surface area contributed by atoms with Crippen LogP contribution in [-0.4, -0.2) is 0 Å². The van der Waals surface area contributed by atoms with E-state index in [4.69, 9.17) is 0 Å². The topological polar surface area (TPSA) is 84.9 Å². The average molecular weight is 229 g/mol. The van der Waals surface area contributed by atoms with Crippen molar-refractivity contribution >= 4 is 7.82 Å². The lowest BCUT2D eigenvalue weighted by molar-refractivity contribution is -0.210. The molecule has 2 heterocycles. The summed E-state index contributed by atoms with van der Waals surface area (Å²) < 4.78 is 29.5. The summed E-state index contributed by atoms with van der Waals surface area (Å²) in [7, 11) is -4.51. The first-order chi connectivity index (χ1) is 7.16. The van der Waals surface area contributed by atoms with Crippen molar-refractivity contribution in [2.75, 3.05) is 0 Å². The number of phosphoric acid groups is 1. The lowest BCUT2D eigenvalue weighted by Gasteiger charge is -2.20. The number of phosphoric ester groups is 1. The Morgan fingerprint density at radius 2 is 1.53 bits per heavy atom. The molecule has 0 aliphatic carbocycles. The zero-order valence-electron chi connectivity index (χ0n) is 7.36. The van der Waals surface area contributed by atoms with Crippen molar-refractivity contribution in [3.8, 4) is 11.9 Å². The van der Waals surface area contributed by atoms with Gasteiger partial charge in [0.25, 0.3) is 11.9 Å². The van der Waals surface area contributed by atoms with Crippen LogP contribution in [-0.2, 0) is 4.57 Å². The molecule has 0 bridgehead atoms. The van der Waals surface area contributed by atoms with Gasteiger partial charge in [0.2, 0.25) is 0 Å². The molecule has 2 aromatic rings. The number of hydrogen-bond donors (Lipinski definition) is 0. The highest BCUT2D eigenvalue weighted by molar-refractivity contribution is 7.46. The van der Waals surface area contributed by atoms with Crippen LogP contribution in [0, 0.1) is 0 Å². The summed E-state index contributed by atoms with van der Waals surface area (Å²) in [6.07, 6.45) is 2.56. The van der Waals surface area contributed by atoms with E-state index in [-0.39, 0.29) is 11.9 Å². The first kappa shape index (κ1) is 9.89. The van der Waals surface area contributed by atoms with Crippen LogP contribution < -0.4 is 13.9 Å². The fraction of sp³-hybridized carbons (Fsp3) is 0. The third kappa shape index (κ3) is 2.65. The van der Waals surface area contributed by atoms with Crippen LogP contribution in [0.25, 0.3) is 0 Å². The Labute approximate surface area is 84.6 Å². The van der Waals surface area contributed by atoms with Crippen molar-refractivity contribution in [3.05, 3.63) is 36.8 Å². The van der Waals surface area contributed by atoms with Crippen LogP contribution in [0.15, 0.2) is 45.6 Å². The summed E-state index contributed by atoms with van der Waals surface area (Å²) in [5.41, 5.74) is 0. The predicted molar refractivity (Wildman–Crippen MR) is 46.3 cm³/mol. The van der Waals surface area contributed by atoms with Crippen LogP contribution in [0.2, 0.25) is 0 Å². The van der Waals surface area contributed by atoms with Crippen LogP contribution in [0.5, 0.6) is 11.9 Å². The summed E-state index contributed by atoms with van der Waals surface area (Å²) in [6.45, 7) is 0. The van der Waals surface area contributed by atoms with E-state index in [2.05, 4.69) is 17.9 Å². The van der Waals surface area contributed by atoms with Crippen LogP contribution in [0.4, 0.5) is 0 Å². The van der Waals surface area contributed by atoms with E-state index < -0.39 is 7.82 Å². The second kappa shape index (κ2) is 3.84. The molecule has 0 saturated heterocycles. The van der Waals surface area contributed by atoms with Crippen LogP contribution in [0.1, 0.15) is 0 Å². The van der Waals surface area contributed by atoms with Gasteiger partial charge in [0.1, 0.15) is 0 Å². The quantitative estimate of drug-likeness (QED) is 0.743. The van der Waals surface area contributed by atoms with Gasteiger partial charge in [-0.25, -0.2) is 4.57 Å². The second-order valence-electron chi connectivity index (χ2n) is 2.49. The highest BCUT2D eigenvalue weighted by Gasteiger charge is 2.15. The van der Waals surface area contributed by atoms with E-state index >= 15 is 0 Å². The monoisotopic (exact) mass is 229 g/mol. The van der Waals surface area contributed by atoms with Gasteiger partial charge in [-0.1, -0.05) is 0 Å². The molecule has 6 nitrogen and oxygen atoms in total. The minimum atomic E-state index is -4.51. The zero-order valence-corrected chi connectivity index (χ0v) is 8.26. The molecule has 0 spiro atoms. The Morgan fingerprint density at radius 3 is 1.87 bits per heavy atom. The Hall–Kier alpha value is -1.65. The van der Waals surface area contributed by atoms with Crippen molar-refractivity contribution < 1.29 is 27.3 Å². The fourth-order valence-electron chi connectivity index (χ4n) is 0.870. The summed E-state index contributed by atoms with van der Waals surface area (Å²) in [5.74, 6) is -0.334. The molecule has 0 aliphatic heterocycles. The highest BCUT2D eigenvalue weighted by Crippen LogP contribution is 2.40. The molecule has 0 amide bonds. The SMILES string of the molecule is O=P([O-])(Oc1ccco1)Oc1ccco1. The number of furan rings is 2. The molecule has 2 rings (SSSR count). The van der Waals surface area contributed by atoms with Crippen LogP contribution >= 0.6 is 7.82 Å². The van der Waals surface area contributed by atoms with E-state index in [9.17, 15) is 9.46 Å². The average Bonchev–Trinajstić information content (AvgIpc) is 2.75. The Bertz CT molecular complexity index is 405. The van der Waals surface area contributed by atoms with E-state index in [1.165, 1.54) is 36.8 Å². The standard InChI is InChI=1S/C8H7O6P/c9-15(10,13-7-3-1-5-11-7)14-8-4-2-6-12-8/h1-6H,(H,9,10)/p-1. The van der Waals surface area contributed by atoms with Gasteiger partial charge in [0.15, 0.2) is 0 Å².